The van der Waals surface area contributed by atoms with Gasteiger partial charge in [-0.3, -0.25) is 4.79 Å². The van der Waals surface area contributed by atoms with E-state index in [-0.39, 0.29) is 17.9 Å². The van der Waals surface area contributed by atoms with Gasteiger partial charge in [-0.25, -0.2) is 4.79 Å². The predicted octanol–water partition coefficient (Wildman–Crippen LogP) is 1.47. The summed E-state index contributed by atoms with van der Waals surface area (Å²) in [6, 6.07) is 4.62. The van der Waals surface area contributed by atoms with E-state index in [2.05, 4.69) is 5.32 Å². The Balaban J connectivity index is 3.03. The van der Waals surface area contributed by atoms with E-state index in [1.54, 1.807) is 12.1 Å². The molecule has 0 atom stereocenters. The summed E-state index contributed by atoms with van der Waals surface area (Å²) < 4.78 is 0. The number of anilines is 1. The van der Waals surface area contributed by atoms with Crippen LogP contribution in [0.4, 0.5) is 5.69 Å². The maximum atomic E-state index is 11.0. The summed E-state index contributed by atoms with van der Waals surface area (Å²) in [6.45, 7) is 1.35. The summed E-state index contributed by atoms with van der Waals surface area (Å²) in [7, 11) is 0. The quantitative estimate of drug-likeness (QED) is 0.757. The van der Waals surface area contributed by atoms with Crippen molar-refractivity contribution in [1.82, 2.24) is 0 Å². The molecule has 0 unspecified atom stereocenters. The molecule has 5 nitrogen and oxygen atoms in total. The average molecular weight is 235 g/mol. The Labute approximate surface area is 98.4 Å². The number of amides is 1. The van der Waals surface area contributed by atoms with Crippen molar-refractivity contribution >= 4 is 23.9 Å². The summed E-state index contributed by atoms with van der Waals surface area (Å²) in [5.74, 6) is -1.33. The zero-order valence-corrected chi connectivity index (χ0v) is 9.40. The molecule has 0 spiro atoms. The Morgan fingerprint density at radius 1 is 1.41 bits per heavy atom. The third kappa shape index (κ3) is 3.71. The van der Waals surface area contributed by atoms with E-state index in [1.165, 1.54) is 13.0 Å². The molecule has 0 bridgehead atoms. The van der Waals surface area contributed by atoms with Crippen LogP contribution in [0, 0.1) is 0 Å². The largest absolute Gasteiger partial charge is 0.478 e. The number of benzene rings is 1. The minimum atomic E-state index is -1.07. The van der Waals surface area contributed by atoms with Crippen molar-refractivity contribution in [2.24, 2.45) is 0 Å². The molecule has 2 N–H and O–H groups in total. The molecule has 1 rings (SSSR count). The van der Waals surface area contributed by atoms with Crippen LogP contribution in [0.5, 0.6) is 0 Å². The first-order valence-corrected chi connectivity index (χ1v) is 5.12. The van der Waals surface area contributed by atoms with Crippen LogP contribution in [0.2, 0.25) is 0 Å². The Bertz CT molecular complexity index is 454. The predicted molar refractivity (Wildman–Crippen MR) is 62.1 cm³/mol. The first-order valence-electron chi connectivity index (χ1n) is 5.12. The van der Waals surface area contributed by atoms with Crippen molar-refractivity contribution in [1.29, 1.82) is 0 Å². The molecule has 0 saturated carbocycles. The third-order valence-corrected chi connectivity index (χ3v) is 2.19. The highest BCUT2D eigenvalue weighted by Crippen LogP contribution is 2.17. The Kier molecular flexibility index (Phi) is 4.39. The highest BCUT2D eigenvalue weighted by molar-refractivity contribution is 5.94. The second-order valence-electron chi connectivity index (χ2n) is 3.56. The summed E-state index contributed by atoms with van der Waals surface area (Å²) in [6.07, 6.45) is 1.40. The first-order chi connectivity index (χ1) is 8.04. The topological polar surface area (TPSA) is 83.5 Å². The number of hydrogen-bond donors (Lipinski definition) is 2. The van der Waals surface area contributed by atoms with Gasteiger partial charge in [0.15, 0.2) is 0 Å². The maximum absolute atomic E-state index is 11.0. The van der Waals surface area contributed by atoms with Crippen LogP contribution in [0.25, 0.3) is 0 Å². The van der Waals surface area contributed by atoms with Gasteiger partial charge in [-0.1, -0.05) is 6.07 Å². The van der Waals surface area contributed by atoms with Crippen LogP contribution in [0.3, 0.4) is 0 Å². The number of carboxylic acids is 1. The van der Waals surface area contributed by atoms with Crippen molar-refractivity contribution in [3.8, 4) is 0 Å². The molecule has 0 aliphatic carbocycles. The molecule has 0 fully saturated rings. The highest BCUT2D eigenvalue weighted by atomic mass is 16.4. The van der Waals surface area contributed by atoms with Crippen molar-refractivity contribution in [3.63, 3.8) is 0 Å². The van der Waals surface area contributed by atoms with E-state index in [1.807, 2.05) is 0 Å². The van der Waals surface area contributed by atoms with Crippen LogP contribution in [0.15, 0.2) is 18.2 Å². The second-order valence-corrected chi connectivity index (χ2v) is 3.56. The number of rotatable bonds is 5. The summed E-state index contributed by atoms with van der Waals surface area (Å²) in [4.78, 5) is 32.1. The Morgan fingerprint density at radius 3 is 2.65 bits per heavy atom. The van der Waals surface area contributed by atoms with Crippen molar-refractivity contribution < 1.29 is 19.5 Å². The number of carbonyl (C=O) groups excluding carboxylic acids is 2. The van der Waals surface area contributed by atoms with Gasteiger partial charge >= 0.3 is 5.97 Å². The smallest absolute Gasteiger partial charge is 0.336 e. The molecule has 0 aromatic heterocycles. The molecule has 1 amide bonds. The molecule has 1 aromatic rings. The van der Waals surface area contributed by atoms with E-state index >= 15 is 0 Å². The normalized spacial score (nSPS) is 9.71. The van der Waals surface area contributed by atoms with E-state index in [4.69, 9.17) is 5.11 Å². The van der Waals surface area contributed by atoms with Crippen LogP contribution in [-0.4, -0.2) is 23.3 Å². The van der Waals surface area contributed by atoms with Gasteiger partial charge in [-0.2, -0.15) is 0 Å². The maximum Gasteiger partial charge on any atom is 0.336 e. The second kappa shape index (κ2) is 5.79. The Hall–Kier alpha value is -2.17. The van der Waals surface area contributed by atoms with Crippen LogP contribution in [0.1, 0.15) is 29.3 Å². The van der Waals surface area contributed by atoms with Gasteiger partial charge in [0.05, 0.1) is 5.56 Å². The van der Waals surface area contributed by atoms with Gasteiger partial charge in [0.2, 0.25) is 5.91 Å². The fourth-order valence-corrected chi connectivity index (χ4v) is 1.49. The number of hydrogen-bond acceptors (Lipinski definition) is 3. The molecule has 5 heteroatoms. The lowest BCUT2D eigenvalue weighted by molar-refractivity contribution is -0.114. The minimum Gasteiger partial charge on any atom is -0.478 e. The lowest BCUT2D eigenvalue weighted by Crippen LogP contribution is -2.09. The fourth-order valence-electron chi connectivity index (χ4n) is 1.49. The zero-order valence-electron chi connectivity index (χ0n) is 9.40. The lowest BCUT2D eigenvalue weighted by Gasteiger charge is -2.08. The number of aryl methyl sites for hydroxylation is 1. The number of carbonyl (C=O) groups is 3. The van der Waals surface area contributed by atoms with Crippen LogP contribution >= 0.6 is 0 Å². The molecule has 0 aliphatic rings. The number of aromatic carboxylic acids is 1. The lowest BCUT2D eigenvalue weighted by atomic mass is 10.0. The van der Waals surface area contributed by atoms with E-state index < -0.39 is 5.97 Å². The first kappa shape index (κ1) is 12.9. The van der Waals surface area contributed by atoms with E-state index in [9.17, 15) is 14.4 Å². The molecular formula is C12H13NO4. The standard InChI is InChI=1S/C12H13NO4/c1-8(15)13-10-5-4-9(3-2-6-14)11(7-10)12(16)17/h4-7H,2-3H2,1H3,(H,13,15)(H,16,17). The van der Waals surface area contributed by atoms with E-state index in [0.29, 0.717) is 17.7 Å². The molecule has 0 saturated heterocycles. The molecule has 17 heavy (non-hydrogen) atoms. The van der Waals surface area contributed by atoms with Gasteiger partial charge < -0.3 is 15.2 Å². The summed E-state index contributed by atoms with van der Waals surface area (Å²) in [5.41, 5.74) is 1.13. The molecular weight excluding hydrogens is 222 g/mol. The van der Waals surface area contributed by atoms with Crippen LogP contribution < -0.4 is 5.32 Å². The average Bonchev–Trinajstić information content (AvgIpc) is 2.26. The minimum absolute atomic E-state index is 0.109. The SMILES string of the molecule is CC(=O)Nc1ccc(CCC=O)c(C(=O)O)c1. The highest BCUT2D eigenvalue weighted by Gasteiger charge is 2.11. The summed E-state index contributed by atoms with van der Waals surface area (Å²) >= 11 is 0. The molecule has 0 radical (unpaired) electrons. The molecule has 0 heterocycles. The molecule has 90 valence electrons. The van der Waals surface area contributed by atoms with E-state index in [0.717, 1.165) is 6.29 Å². The van der Waals surface area contributed by atoms with Gasteiger partial charge in [0.1, 0.15) is 6.29 Å². The number of carboxylic acid groups (broad SMARTS) is 1. The van der Waals surface area contributed by atoms with Gasteiger partial charge in [0, 0.05) is 19.0 Å². The van der Waals surface area contributed by atoms with Gasteiger partial charge in [0.25, 0.3) is 0 Å². The van der Waals surface area contributed by atoms with Crippen molar-refractivity contribution in [2.45, 2.75) is 19.8 Å². The van der Waals surface area contributed by atoms with Gasteiger partial charge in [-0.05, 0) is 24.1 Å². The van der Waals surface area contributed by atoms with Crippen LogP contribution in [-0.2, 0) is 16.0 Å². The fraction of sp³-hybridized carbons (Fsp3) is 0.250. The third-order valence-electron chi connectivity index (χ3n) is 2.19. The summed E-state index contributed by atoms with van der Waals surface area (Å²) in [5, 5.41) is 11.5. The monoisotopic (exact) mass is 235 g/mol. The van der Waals surface area contributed by atoms with Crippen molar-refractivity contribution in [2.75, 3.05) is 5.32 Å². The molecule has 0 aliphatic heterocycles. The Morgan fingerprint density at radius 2 is 2.12 bits per heavy atom. The number of aldehydes is 1. The number of nitrogens with one attached hydrogen (secondary N) is 1. The zero-order chi connectivity index (χ0) is 12.8. The molecule has 1 aromatic carbocycles. The van der Waals surface area contributed by atoms with Crippen molar-refractivity contribution in [3.05, 3.63) is 29.3 Å². The van der Waals surface area contributed by atoms with Gasteiger partial charge in [-0.15, -0.1) is 0 Å².